The van der Waals surface area contributed by atoms with Gasteiger partial charge in [-0.25, -0.2) is 0 Å². The molecule has 3 N–H and O–H groups in total. The quantitative estimate of drug-likeness (QED) is 0.219. The van der Waals surface area contributed by atoms with Crippen LogP contribution in [0.5, 0.6) is 5.75 Å². The Kier molecular flexibility index (Phi) is 8.35. The number of carbonyl (C=O) groups is 1. The summed E-state index contributed by atoms with van der Waals surface area (Å²) in [6.45, 7) is 1.01. The van der Waals surface area contributed by atoms with Crippen molar-refractivity contribution in [3.8, 4) is 17.6 Å². The van der Waals surface area contributed by atoms with Crippen LogP contribution in [0.4, 0.5) is 29.1 Å². The average Bonchev–Trinajstić information content (AvgIpc) is 3.20. The number of halogens is 4. The molecule has 38 heavy (non-hydrogen) atoms. The van der Waals surface area contributed by atoms with Crippen LogP contribution >= 0.6 is 0 Å². The zero-order chi connectivity index (χ0) is 27.4. The summed E-state index contributed by atoms with van der Waals surface area (Å²) in [4.78, 5) is 13.0. The van der Waals surface area contributed by atoms with E-state index in [4.69, 9.17) is 9.84 Å². The second kappa shape index (κ2) is 11.5. The molecule has 2 atom stereocenters. The van der Waals surface area contributed by atoms with E-state index in [0.717, 1.165) is 0 Å². The van der Waals surface area contributed by atoms with E-state index in [0.29, 0.717) is 24.5 Å². The van der Waals surface area contributed by atoms with Crippen molar-refractivity contribution in [3.05, 3.63) is 47.7 Å². The fourth-order valence-electron chi connectivity index (χ4n) is 4.10. The van der Waals surface area contributed by atoms with Gasteiger partial charge in [0.15, 0.2) is 0 Å². The predicted molar refractivity (Wildman–Crippen MR) is 136 cm³/mol. The summed E-state index contributed by atoms with van der Waals surface area (Å²) in [5.74, 6) is 5.10. The zero-order valence-corrected chi connectivity index (χ0v) is 22.2. The number of carboxylic acid groups (broad SMARTS) is 1. The Morgan fingerprint density at radius 1 is 1.32 bits per heavy atom. The molecule has 0 bridgehead atoms. The van der Waals surface area contributed by atoms with Crippen LogP contribution in [0.25, 0.3) is 5.52 Å². The number of anilines is 2. The number of nitrogens with one attached hydrogen (secondary N) is 2. The van der Waals surface area contributed by atoms with E-state index in [1.165, 1.54) is 29.8 Å². The number of piperidine rings is 1. The van der Waals surface area contributed by atoms with Gasteiger partial charge in [0.2, 0.25) is 0 Å². The van der Waals surface area contributed by atoms with Crippen LogP contribution in [0.1, 0.15) is 22.5 Å². The molecule has 4 rings (SSSR count). The topological polar surface area (TPSA) is 91.1 Å². The molecule has 0 spiro atoms. The first kappa shape index (κ1) is 27.6. The Morgan fingerprint density at radius 3 is 2.79 bits per heavy atom. The summed E-state index contributed by atoms with van der Waals surface area (Å²) in [5.41, 5.74) is 0.781. The molecule has 1 fully saturated rings. The van der Waals surface area contributed by atoms with Gasteiger partial charge in [0.05, 0.1) is 0 Å². The number of carboxylic acids is 1. The van der Waals surface area contributed by atoms with Gasteiger partial charge >= 0.3 is 223 Å². The number of nitrogens with zero attached hydrogens (tertiary/aromatic N) is 3. The maximum atomic E-state index is 14.6. The van der Waals surface area contributed by atoms with Crippen LogP contribution in [-0.4, -0.2) is 91.6 Å². The average molecular weight is 598 g/mol. The molecule has 1 aliphatic heterocycles. The third-order valence-corrected chi connectivity index (χ3v) is 7.69. The second-order valence-corrected chi connectivity index (χ2v) is 10.9. The van der Waals surface area contributed by atoms with Crippen LogP contribution in [-0.2, 0) is 0 Å². The Bertz CT molecular complexity index is 1390. The first-order valence-electron chi connectivity index (χ1n) is 11.6. The van der Waals surface area contributed by atoms with E-state index in [1.807, 2.05) is 11.9 Å². The minimum absolute atomic E-state index is 0.00765. The number of fused-ring (bicyclic) bond motifs is 1. The van der Waals surface area contributed by atoms with Crippen molar-refractivity contribution in [2.75, 3.05) is 44.4 Å². The van der Waals surface area contributed by atoms with E-state index in [-0.39, 0.29) is 40.1 Å². The third-order valence-electron chi connectivity index (χ3n) is 5.93. The van der Waals surface area contributed by atoms with Gasteiger partial charge in [0.25, 0.3) is 0 Å². The molecule has 0 radical (unpaired) electrons. The van der Waals surface area contributed by atoms with Crippen molar-refractivity contribution in [3.63, 3.8) is 0 Å². The molecule has 0 amide bonds. The molecule has 1 aromatic carbocycles. The van der Waals surface area contributed by atoms with Crippen molar-refractivity contribution in [1.29, 1.82) is 0 Å². The van der Waals surface area contributed by atoms with E-state index in [2.05, 4.69) is 27.6 Å². The number of likely N-dealkylation sites (tertiary alicyclic amines) is 1. The number of pyridine rings is 1. The van der Waals surface area contributed by atoms with Crippen molar-refractivity contribution in [1.82, 2.24) is 14.5 Å². The fourth-order valence-corrected chi connectivity index (χ4v) is 5.53. The van der Waals surface area contributed by atoms with Gasteiger partial charge < -0.3 is 0 Å². The Morgan fingerprint density at radius 2 is 2.11 bits per heavy atom. The van der Waals surface area contributed by atoms with Gasteiger partial charge in [-0.05, 0) is 0 Å². The zero-order valence-electron chi connectivity index (χ0n) is 20.5. The van der Waals surface area contributed by atoms with E-state index < -0.39 is 38.2 Å². The minimum atomic E-state index is -4.42. The summed E-state index contributed by atoms with van der Waals surface area (Å²) in [6, 6.07) is 8.59. The van der Waals surface area contributed by atoms with Gasteiger partial charge in [0.1, 0.15) is 0 Å². The normalized spacial score (nSPS) is 18.1. The summed E-state index contributed by atoms with van der Waals surface area (Å²) in [5, 5.41) is 15.2. The van der Waals surface area contributed by atoms with Crippen LogP contribution in [0.2, 0.25) is 0 Å². The number of benzene rings is 1. The second-order valence-electron chi connectivity index (χ2n) is 8.63. The number of hydrogen-bond acceptors (Lipinski definition) is 6. The van der Waals surface area contributed by atoms with Gasteiger partial charge in [-0.2, -0.15) is 0 Å². The predicted octanol–water partition coefficient (Wildman–Crippen LogP) is 2.81. The SMILES string of the molecule is COc1cc(C(=O)O)ccc1NCC#Cc1nn2c(N[C@@H]3CCN(C)C[C@@H]3F)cccc2c1[Se]C(F)(F)F. The summed E-state index contributed by atoms with van der Waals surface area (Å²) >= 11 is -1.91. The molecule has 3 heterocycles. The first-order valence-corrected chi connectivity index (χ1v) is 13.3. The molecule has 1 aliphatic rings. The fraction of sp³-hybridized carbons (Fsp3) is 0.360. The van der Waals surface area contributed by atoms with Crippen LogP contribution in [0, 0.1) is 11.8 Å². The third kappa shape index (κ3) is 6.51. The van der Waals surface area contributed by atoms with Crippen molar-refractivity contribution < 1.29 is 32.2 Å². The molecule has 8 nitrogen and oxygen atoms in total. The first-order chi connectivity index (χ1) is 18.1. The van der Waals surface area contributed by atoms with Crippen molar-refractivity contribution >= 4 is 42.4 Å². The van der Waals surface area contributed by atoms with Gasteiger partial charge in [0, 0.05) is 0 Å². The molecule has 1 saturated heterocycles. The molecule has 0 saturated carbocycles. The monoisotopic (exact) mass is 599 g/mol. The molecule has 13 heteroatoms. The Hall–Kier alpha value is -3.46. The van der Waals surface area contributed by atoms with Gasteiger partial charge in [-0.15, -0.1) is 0 Å². The summed E-state index contributed by atoms with van der Waals surface area (Å²) in [6.07, 6.45) is -0.588. The molecular weight excluding hydrogens is 573 g/mol. The van der Waals surface area contributed by atoms with Crippen LogP contribution in [0.15, 0.2) is 36.4 Å². The van der Waals surface area contributed by atoms with E-state index in [9.17, 15) is 22.4 Å². The molecule has 202 valence electrons. The van der Waals surface area contributed by atoms with Crippen molar-refractivity contribution in [2.45, 2.75) is 23.7 Å². The van der Waals surface area contributed by atoms with E-state index in [1.54, 1.807) is 18.2 Å². The van der Waals surface area contributed by atoms with Crippen molar-refractivity contribution in [2.24, 2.45) is 0 Å². The number of hydrogen-bond donors (Lipinski definition) is 3. The number of ether oxygens (including phenoxy) is 1. The molecule has 0 aliphatic carbocycles. The summed E-state index contributed by atoms with van der Waals surface area (Å²) in [7, 11) is 3.23. The van der Waals surface area contributed by atoms with Gasteiger partial charge in [-0.1, -0.05) is 0 Å². The summed E-state index contributed by atoms with van der Waals surface area (Å²) < 4.78 is 61.6. The van der Waals surface area contributed by atoms with E-state index >= 15 is 0 Å². The Balaban J connectivity index is 1.60. The van der Waals surface area contributed by atoms with Gasteiger partial charge in [-0.3, -0.25) is 0 Å². The molecule has 3 aromatic rings. The maximum absolute atomic E-state index is 14.6. The standard InChI is InChI=1S/C25H25F4N5O3Se/c1-33-12-10-17(16(26)14-33)31-22-7-3-6-20-23(38-25(27,28)29)19(32-34(20)22)5-4-11-30-18-9-8-15(24(35)36)13-21(18)37-2/h3,6-9,13,16-17,30-31H,10-12,14H2,1-2H3,(H,35,36)/t16-,17+/m0/s1. The number of methoxy groups -OCH3 is 1. The van der Waals surface area contributed by atoms with Crippen LogP contribution < -0.4 is 19.8 Å². The number of aromatic nitrogens is 2. The number of rotatable bonds is 7. The van der Waals surface area contributed by atoms with Crippen LogP contribution in [0.3, 0.4) is 0 Å². The Labute approximate surface area is 222 Å². The molecular formula is C25H25F4N5O3Se. The number of alkyl halides is 4. The molecule has 2 aromatic heterocycles. The molecule has 0 unspecified atom stereocenters. The number of aromatic carboxylic acids is 1.